The van der Waals surface area contributed by atoms with Gasteiger partial charge in [0.15, 0.2) is 0 Å². The first-order valence-corrected chi connectivity index (χ1v) is 9.34. The zero-order valence-electron chi connectivity index (χ0n) is 15.0. The molecule has 0 bridgehead atoms. The Kier molecular flexibility index (Phi) is 6.20. The molecule has 0 radical (unpaired) electrons. The number of amides is 2. The van der Waals surface area contributed by atoms with Crippen molar-refractivity contribution >= 4 is 27.7 Å². The van der Waals surface area contributed by atoms with Crippen LogP contribution in [0.5, 0.6) is 0 Å². The maximum Gasteiger partial charge on any atom is 0.269 e. The zero-order chi connectivity index (χ0) is 20.1. The van der Waals surface area contributed by atoms with Crippen LogP contribution in [0.15, 0.2) is 59.1 Å². The molecule has 0 spiro atoms. The number of aromatic nitrogens is 2. The van der Waals surface area contributed by atoms with E-state index in [1.165, 1.54) is 19.2 Å². The van der Waals surface area contributed by atoms with Crippen LogP contribution in [-0.4, -0.2) is 35.1 Å². The van der Waals surface area contributed by atoms with E-state index in [-0.39, 0.29) is 18.0 Å². The van der Waals surface area contributed by atoms with E-state index in [2.05, 4.69) is 36.8 Å². The molecule has 2 amide bonds. The van der Waals surface area contributed by atoms with Gasteiger partial charge < -0.3 is 10.6 Å². The number of carbonyl (C=O) groups is 2. The summed E-state index contributed by atoms with van der Waals surface area (Å²) >= 11 is 3.23. The van der Waals surface area contributed by atoms with Crippen molar-refractivity contribution in [3.05, 3.63) is 76.1 Å². The van der Waals surface area contributed by atoms with E-state index in [0.29, 0.717) is 15.7 Å². The van der Waals surface area contributed by atoms with Crippen molar-refractivity contribution in [1.29, 1.82) is 0 Å². The van der Waals surface area contributed by atoms with E-state index in [4.69, 9.17) is 0 Å². The lowest BCUT2D eigenvalue weighted by atomic mass is 10.0. The summed E-state index contributed by atoms with van der Waals surface area (Å²) in [5.74, 6) is -1.28. The molecular formula is C20H18BrFN4O2. The van der Waals surface area contributed by atoms with Crippen LogP contribution in [0.4, 0.5) is 4.39 Å². The van der Waals surface area contributed by atoms with Crippen molar-refractivity contribution in [3.8, 4) is 11.3 Å². The number of aromatic amines is 1. The van der Waals surface area contributed by atoms with Crippen LogP contribution in [-0.2, 0) is 11.2 Å². The highest BCUT2D eigenvalue weighted by molar-refractivity contribution is 9.10. The molecule has 1 aromatic heterocycles. The Morgan fingerprint density at radius 2 is 1.93 bits per heavy atom. The maximum absolute atomic E-state index is 13.6. The van der Waals surface area contributed by atoms with Crippen LogP contribution in [0.3, 0.4) is 0 Å². The Labute approximate surface area is 169 Å². The van der Waals surface area contributed by atoms with Gasteiger partial charge in [0.05, 0.1) is 5.69 Å². The van der Waals surface area contributed by atoms with E-state index in [1.807, 2.05) is 30.3 Å². The molecule has 0 saturated heterocycles. The van der Waals surface area contributed by atoms with Gasteiger partial charge in [-0.05, 0) is 29.8 Å². The van der Waals surface area contributed by atoms with Crippen molar-refractivity contribution in [3.63, 3.8) is 0 Å². The molecule has 0 saturated carbocycles. The third-order valence-corrected chi connectivity index (χ3v) is 4.58. The summed E-state index contributed by atoms with van der Waals surface area (Å²) in [5, 5.41) is 12.0. The number of hydrogen-bond donors (Lipinski definition) is 3. The standard InChI is InChI=1S/C20H18BrFN4O2/c1-23-19(27)17(9-12-7-14(21)10-15(22)8-12)24-20(28)18-11-16(25-26-18)13-5-3-2-4-6-13/h2-8,10-11,17H,9H2,1H3,(H,23,27)(H,24,28)(H,25,26)/t17-/m0/s1. The fourth-order valence-corrected chi connectivity index (χ4v) is 3.29. The first-order chi connectivity index (χ1) is 13.5. The third-order valence-electron chi connectivity index (χ3n) is 4.12. The quantitative estimate of drug-likeness (QED) is 0.545. The maximum atomic E-state index is 13.6. The molecule has 0 aliphatic rings. The molecule has 3 N–H and O–H groups in total. The number of H-pyrrole nitrogens is 1. The number of nitrogens with one attached hydrogen (secondary N) is 3. The predicted octanol–water partition coefficient (Wildman–Crippen LogP) is 3.07. The lowest BCUT2D eigenvalue weighted by Crippen LogP contribution is -2.47. The lowest BCUT2D eigenvalue weighted by molar-refractivity contribution is -0.122. The zero-order valence-corrected chi connectivity index (χ0v) is 16.6. The highest BCUT2D eigenvalue weighted by atomic mass is 79.9. The number of hydrogen-bond acceptors (Lipinski definition) is 3. The van der Waals surface area contributed by atoms with E-state index in [1.54, 1.807) is 12.1 Å². The smallest absolute Gasteiger partial charge is 0.269 e. The molecule has 0 fully saturated rings. The second-order valence-corrected chi connectivity index (χ2v) is 7.07. The highest BCUT2D eigenvalue weighted by Crippen LogP contribution is 2.18. The van der Waals surface area contributed by atoms with Crippen LogP contribution in [0.2, 0.25) is 0 Å². The van der Waals surface area contributed by atoms with Crippen LogP contribution in [0, 0.1) is 5.82 Å². The normalized spacial score (nSPS) is 11.7. The van der Waals surface area contributed by atoms with Gasteiger partial charge in [-0.1, -0.05) is 46.3 Å². The van der Waals surface area contributed by atoms with Gasteiger partial charge in [0.25, 0.3) is 5.91 Å². The first kappa shape index (κ1) is 19.8. The number of rotatable bonds is 6. The molecule has 0 unspecified atom stereocenters. The summed E-state index contributed by atoms with van der Waals surface area (Å²) in [7, 11) is 1.48. The average Bonchev–Trinajstić information content (AvgIpc) is 3.17. The molecule has 1 heterocycles. The monoisotopic (exact) mass is 444 g/mol. The lowest BCUT2D eigenvalue weighted by Gasteiger charge is -2.17. The summed E-state index contributed by atoms with van der Waals surface area (Å²) in [6, 6.07) is 14.5. The topological polar surface area (TPSA) is 86.9 Å². The molecule has 28 heavy (non-hydrogen) atoms. The van der Waals surface area contributed by atoms with Crippen molar-refractivity contribution in [2.45, 2.75) is 12.5 Å². The van der Waals surface area contributed by atoms with Crippen molar-refractivity contribution in [2.75, 3.05) is 7.05 Å². The molecule has 8 heteroatoms. The van der Waals surface area contributed by atoms with Gasteiger partial charge in [-0.25, -0.2) is 4.39 Å². The predicted molar refractivity (Wildman–Crippen MR) is 107 cm³/mol. The molecule has 144 valence electrons. The minimum absolute atomic E-state index is 0.140. The van der Waals surface area contributed by atoms with Gasteiger partial charge in [-0.3, -0.25) is 14.7 Å². The van der Waals surface area contributed by atoms with Crippen molar-refractivity contribution in [2.24, 2.45) is 0 Å². The van der Waals surface area contributed by atoms with Gasteiger partial charge in [-0.15, -0.1) is 0 Å². The number of halogens is 2. The number of carbonyl (C=O) groups excluding carboxylic acids is 2. The van der Waals surface area contributed by atoms with Crippen LogP contribution in [0.1, 0.15) is 16.1 Å². The molecule has 6 nitrogen and oxygen atoms in total. The summed E-state index contributed by atoms with van der Waals surface area (Å²) in [6.45, 7) is 0. The van der Waals surface area contributed by atoms with Crippen molar-refractivity contribution in [1.82, 2.24) is 20.8 Å². The minimum atomic E-state index is -0.866. The summed E-state index contributed by atoms with van der Waals surface area (Å²) in [5.41, 5.74) is 2.30. The van der Waals surface area contributed by atoms with Gasteiger partial charge in [0.2, 0.25) is 5.91 Å². The van der Waals surface area contributed by atoms with Gasteiger partial charge in [-0.2, -0.15) is 5.10 Å². The minimum Gasteiger partial charge on any atom is -0.357 e. The number of benzene rings is 2. The molecule has 0 aliphatic carbocycles. The average molecular weight is 445 g/mol. The Bertz CT molecular complexity index is 971. The van der Waals surface area contributed by atoms with Crippen LogP contribution in [0.25, 0.3) is 11.3 Å². The first-order valence-electron chi connectivity index (χ1n) is 8.54. The highest BCUT2D eigenvalue weighted by Gasteiger charge is 2.22. The number of nitrogens with zero attached hydrogens (tertiary/aromatic N) is 1. The number of likely N-dealkylation sites (N-methyl/N-ethyl adjacent to an activating group) is 1. The Morgan fingerprint density at radius 1 is 1.18 bits per heavy atom. The second-order valence-electron chi connectivity index (χ2n) is 6.16. The summed E-state index contributed by atoms with van der Waals surface area (Å²) in [6.07, 6.45) is 0.140. The molecule has 3 rings (SSSR count). The summed E-state index contributed by atoms with van der Waals surface area (Å²) in [4.78, 5) is 24.8. The van der Waals surface area contributed by atoms with E-state index >= 15 is 0 Å². The Morgan fingerprint density at radius 3 is 2.61 bits per heavy atom. The van der Waals surface area contributed by atoms with Crippen LogP contribution < -0.4 is 10.6 Å². The van der Waals surface area contributed by atoms with Crippen molar-refractivity contribution < 1.29 is 14.0 Å². The molecule has 2 aromatic carbocycles. The molecule has 1 atom stereocenters. The Balaban J connectivity index is 1.76. The van der Waals surface area contributed by atoms with Gasteiger partial charge in [0.1, 0.15) is 17.6 Å². The molecule has 3 aromatic rings. The van der Waals surface area contributed by atoms with E-state index in [9.17, 15) is 14.0 Å². The van der Waals surface area contributed by atoms with E-state index < -0.39 is 17.8 Å². The SMILES string of the molecule is CNC(=O)[C@H](Cc1cc(F)cc(Br)c1)NC(=O)c1cc(-c2ccccc2)n[nH]1. The molecular weight excluding hydrogens is 427 g/mol. The summed E-state index contributed by atoms with van der Waals surface area (Å²) < 4.78 is 14.2. The fraction of sp³-hybridized carbons (Fsp3) is 0.150. The van der Waals surface area contributed by atoms with Gasteiger partial charge in [0, 0.05) is 23.5 Å². The second kappa shape index (κ2) is 8.79. The molecule has 0 aliphatic heterocycles. The van der Waals surface area contributed by atoms with Gasteiger partial charge >= 0.3 is 0 Å². The Hall–Kier alpha value is -3.00. The largest absolute Gasteiger partial charge is 0.357 e. The third kappa shape index (κ3) is 4.83. The van der Waals surface area contributed by atoms with E-state index in [0.717, 1.165) is 5.56 Å². The van der Waals surface area contributed by atoms with Crippen LogP contribution >= 0.6 is 15.9 Å². The fourth-order valence-electron chi connectivity index (χ4n) is 2.78.